The van der Waals surface area contributed by atoms with Gasteiger partial charge in [0.2, 0.25) is 0 Å². The molecule has 0 aromatic carbocycles. The van der Waals surface area contributed by atoms with E-state index in [0.29, 0.717) is 0 Å². The van der Waals surface area contributed by atoms with Crippen LogP contribution in [0.25, 0.3) is 4.13 Å². The molecule has 2 atom stereocenters. The number of halogens is 6. The van der Waals surface area contributed by atoms with Crippen molar-refractivity contribution in [3.8, 4) is 0 Å². The van der Waals surface area contributed by atoms with Gasteiger partial charge in [-0.1, -0.05) is 13.8 Å². The molecule has 0 aliphatic carbocycles. The molecule has 34 heavy (non-hydrogen) atoms. The molecule has 9 nitrogen and oxygen atoms in total. The van der Waals surface area contributed by atoms with Gasteiger partial charge in [-0.3, -0.25) is 0 Å². The Morgan fingerprint density at radius 1 is 0.941 bits per heavy atom. The van der Waals surface area contributed by atoms with E-state index in [4.69, 9.17) is 13.3 Å². The molecule has 0 aromatic rings. The van der Waals surface area contributed by atoms with Crippen LogP contribution in [0.5, 0.6) is 0 Å². The van der Waals surface area contributed by atoms with E-state index >= 15 is 0 Å². The van der Waals surface area contributed by atoms with Crippen molar-refractivity contribution in [1.29, 1.82) is 0 Å². The second-order valence-electron chi connectivity index (χ2n) is 8.53. The number of piperidine rings is 1. The zero-order valence-corrected chi connectivity index (χ0v) is 22.4. The van der Waals surface area contributed by atoms with Crippen LogP contribution in [-0.4, -0.2) is 88.8 Å². The monoisotopic (exact) mass is 570 g/mol. The molecule has 1 aliphatic heterocycles. The molecular formula is C16H32F6N2O7S2Si. The van der Waals surface area contributed by atoms with E-state index < -0.39 is 39.9 Å². The highest BCUT2D eigenvalue weighted by Crippen LogP contribution is 2.36. The van der Waals surface area contributed by atoms with Crippen LogP contribution < -0.4 is 0 Å². The van der Waals surface area contributed by atoms with Gasteiger partial charge in [-0.25, -0.2) is 16.8 Å². The minimum Gasteiger partial charge on any atom is -0.421 e. The standard InChI is InChI=1S/C14H32NO3Si.C2F6NO4S2/c1-13(2)10-14-8-7-9-15(3,11-14)12-19(16-4,17-5)18-6;3-1(4,5)14(10,11)9-15(12,13)2(6,7)8/h13-14H,7-12H2,1-6H3;/q+1;-1. The molecule has 1 aliphatic rings. The fourth-order valence-electron chi connectivity index (χ4n) is 3.70. The van der Waals surface area contributed by atoms with E-state index in [1.807, 2.05) is 0 Å². The Hall–Kier alpha value is -0.503. The van der Waals surface area contributed by atoms with Gasteiger partial charge in [0.05, 0.1) is 20.1 Å². The third-order valence-corrected chi connectivity index (χ3v) is 10.9. The third kappa shape index (κ3) is 9.86. The maximum absolute atomic E-state index is 11.4. The van der Waals surface area contributed by atoms with Crippen molar-refractivity contribution in [1.82, 2.24) is 0 Å². The van der Waals surface area contributed by atoms with Crippen LogP contribution in [-0.2, 0) is 33.3 Å². The Morgan fingerprint density at radius 3 is 1.68 bits per heavy atom. The molecule has 1 heterocycles. The predicted octanol–water partition coefficient (Wildman–Crippen LogP) is 3.37. The van der Waals surface area contributed by atoms with Crippen LogP contribution in [0.4, 0.5) is 26.3 Å². The fraction of sp³-hybridized carbons (Fsp3) is 1.00. The highest BCUT2D eigenvalue weighted by molar-refractivity contribution is 8.13. The Bertz CT molecular complexity index is 799. The Morgan fingerprint density at radius 2 is 1.35 bits per heavy atom. The number of hydrogen-bond acceptors (Lipinski definition) is 7. The molecule has 0 N–H and O–H groups in total. The van der Waals surface area contributed by atoms with Crippen molar-refractivity contribution in [2.24, 2.45) is 11.8 Å². The lowest BCUT2D eigenvalue weighted by atomic mass is 9.89. The molecule has 1 fully saturated rings. The van der Waals surface area contributed by atoms with Crippen LogP contribution in [0.3, 0.4) is 0 Å². The maximum Gasteiger partial charge on any atom is 0.558 e. The summed E-state index contributed by atoms with van der Waals surface area (Å²) < 4.78 is 127. The second kappa shape index (κ2) is 12.2. The maximum atomic E-state index is 11.4. The largest absolute Gasteiger partial charge is 0.558 e. The molecule has 0 saturated carbocycles. The quantitative estimate of drug-likeness (QED) is 0.238. The number of rotatable bonds is 9. The average molecular weight is 571 g/mol. The second-order valence-corrected chi connectivity index (χ2v) is 14.9. The zero-order chi connectivity index (χ0) is 27.2. The molecule has 0 spiro atoms. The van der Waals surface area contributed by atoms with Gasteiger partial charge in [0.1, 0.15) is 6.17 Å². The number of alkyl halides is 6. The van der Waals surface area contributed by atoms with Crippen molar-refractivity contribution in [3.63, 3.8) is 0 Å². The molecule has 1 rings (SSSR count). The summed E-state index contributed by atoms with van der Waals surface area (Å²) in [5.41, 5.74) is -12.4. The molecule has 0 aromatic heterocycles. The van der Waals surface area contributed by atoms with Gasteiger partial charge < -0.3 is 21.9 Å². The lowest BCUT2D eigenvalue weighted by molar-refractivity contribution is -0.910. The summed E-state index contributed by atoms with van der Waals surface area (Å²) in [7, 11) is -8.47. The van der Waals surface area contributed by atoms with Gasteiger partial charge in [-0.15, -0.1) is 0 Å². The Kier molecular flexibility index (Phi) is 12.0. The van der Waals surface area contributed by atoms with Crippen LogP contribution in [0, 0.1) is 11.8 Å². The molecular weight excluding hydrogens is 538 g/mol. The summed E-state index contributed by atoms with van der Waals surface area (Å²) in [5.74, 6) is 1.61. The van der Waals surface area contributed by atoms with E-state index in [9.17, 15) is 43.2 Å². The first-order chi connectivity index (χ1) is 15.1. The SMILES string of the molecule is CO[Si](C[N+]1(C)CCCC(CC(C)C)C1)(OC)OC.O=S(=O)([N-]S(=O)(=O)C(F)(F)F)C(F)(F)F. The third-order valence-electron chi connectivity index (χ3n) is 5.10. The summed E-state index contributed by atoms with van der Waals surface area (Å²) >= 11 is 0. The summed E-state index contributed by atoms with van der Waals surface area (Å²) in [6, 6.07) is 0. The first kappa shape index (κ1) is 33.5. The molecule has 0 amide bonds. The highest BCUT2D eigenvalue weighted by atomic mass is 32.3. The predicted molar refractivity (Wildman–Crippen MR) is 113 cm³/mol. The van der Waals surface area contributed by atoms with Gasteiger partial charge in [-0.05, 0) is 25.2 Å². The summed E-state index contributed by atoms with van der Waals surface area (Å²) in [6.07, 6.45) is 4.88. The normalized spacial score (nSPS) is 22.9. The molecule has 0 bridgehead atoms. The minimum atomic E-state index is -6.72. The molecule has 2 unspecified atom stereocenters. The zero-order valence-electron chi connectivity index (χ0n) is 19.7. The van der Waals surface area contributed by atoms with Gasteiger partial charge in [0, 0.05) is 27.2 Å². The van der Waals surface area contributed by atoms with Crippen molar-refractivity contribution in [2.45, 2.75) is 44.1 Å². The van der Waals surface area contributed by atoms with E-state index in [2.05, 4.69) is 20.9 Å². The smallest absolute Gasteiger partial charge is 0.421 e. The van der Waals surface area contributed by atoms with Crippen LogP contribution >= 0.6 is 0 Å². The van der Waals surface area contributed by atoms with E-state index in [1.54, 1.807) is 21.3 Å². The van der Waals surface area contributed by atoms with Crippen molar-refractivity contribution < 1.29 is 60.9 Å². The van der Waals surface area contributed by atoms with Crippen molar-refractivity contribution >= 4 is 28.9 Å². The average Bonchev–Trinajstić information content (AvgIpc) is 2.63. The van der Waals surface area contributed by atoms with Gasteiger partial charge in [0.15, 0.2) is 20.0 Å². The topological polar surface area (TPSA) is 110 Å². The van der Waals surface area contributed by atoms with E-state index in [1.165, 1.54) is 32.4 Å². The van der Waals surface area contributed by atoms with Crippen LogP contribution in [0.1, 0.15) is 33.1 Å². The lowest BCUT2D eigenvalue weighted by Gasteiger charge is -2.44. The molecule has 1 saturated heterocycles. The van der Waals surface area contributed by atoms with Gasteiger partial charge in [-0.2, -0.15) is 26.3 Å². The highest BCUT2D eigenvalue weighted by Gasteiger charge is 2.49. The Labute approximate surface area is 197 Å². The van der Waals surface area contributed by atoms with Crippen LogP contribution in [0.2, 0.25) is 0 Å². The van der Waals surface area contributed by atoms with Crippen molar-refractivity contribution in [2.75, 3.05) is 47.6 Å². The molecule has 0 radical (unpaired) electrons. The first-order valence-corrected chi connectivity index (χ1v) is 14.8. The number of nitrogens with zero attached hydrogens (tertiary/aromatic N) is 2. The summed E-state index contributed by atoms with van der Waals surface area (Å²) in [4.78, 5) is 0. The number of hydrogen-bond donors (Lipinski definition) is 0. The van der Waals surface area contributed by atoms with Gasteiger partial charge >= 0.3 is 19.8 Å². The van der Waals surface area contributed by atoms with E-state index in [0.717, 1.165) is 26.6 Å². The summed E-state index contributed by atoms with van der Waals surface area (Å²) in [5, 5.41) is 0. The number of sulfonamides is 2. The van der Waals surface area contributed by atoms with Crippen molar-refractivity contribution in [3.05, 3.63) is 4.13 Å². The minimum absolute atomic E-state index is 0.778. The first-order valence-electron chi connectivity index (χ1n) is 9.95. The van der Waals surface area contributed by atoms with E-state index in [-0.39, 0.29) is 0 Å². The number of quaternary nitrogens is 1. The molecule has 18 heteroatoms. The lowest BCUT2D eigenvalue weighted by Crippen LogP contribution is -2.63. The molecule has 206 valence electrons. The number of likely N-dealkylation sites (tertiary alicyclic amines) is 1. The Balaban J connectivity index is 0.000000661. The van der Waals surface area contributed by atoms with Crippen LogP contribution in [0.15, 0.2) is 0 Å². The van der Waals surface area contributed by atoms with Gasteiger partial charge in [0.25, 0.3) is 0 Å². The fourth-order valence-corrected chi connectivity index (χ4v) is 7.51. The summed E-state index contributed by atoms with van der Waals surface area (Å²) in [6.45, 7) is 7.07.